The number of hydrazone groups is 1. The summed E-state index contributed by atoms with van der Waals surface area (Å²) in [6.45, 7) is 0.273. The van der Waals surface area contributed by atoms with Gasteiger partial charge >= 0.3 is 0 Å². The number of ether oxygens (including phenoxy) is 2. The highest BCUT2D eigenvalue weighted by Crippen LogP contribution is 2.34. The number of nitrogens with two attached hydrogens (primary N) is 1. The van der Waals surface area contributed by atoms with Crippen molar-refractivity contribution in [3.63, 3.8) is 0 Å². The molecule has 0 heterocycles. The van der Waals surface area contributed by atoms with E-state index < -0.39 is 4.92 Å². The Kier molecular flexibility index (Phi) is 5.74. The van der Waals surface area contributed by atoms with Gasteiger partial charge in [0.05, 0.1) is 21.8 Å². The second-order valence-corrected chi connectivity index (χ2v) is 5.69. The highest BCUT2D eigenvalue weighted by atomic mass is 127. The van der Waals surface area contributed by atoms with Gasteiger partial charge in [0.15, 0.2) is 11.5 Å². The maximum atomic E-state index is 10.6. The summed E-state index contributed by atoms with van der Waals surface area (Å²) in [6, 6.07) is 9.84. The molecule has 2 N–H and O–H groups in total. The number of nitro groups is 1. The molecule has 2 rings (SSSR count). The van der Waals surface area contributed by atoms with E-state index in [9.17, 15) is 10.1 Å². The van der Waals surface area contributed by atoms with Gasteiger partial charge in [0.1, 0.15) is 6.61 Å². The van der Waals surface area contributed by atoms with Gasteiger partial charge in [-0.15, -0.1) is 0 Å². The van der Waals surface area contributed by atoms with Crippen molar-refractivity contribution in [2.45, 2.75) is 6.61 Å². The van der Waals surface area contributed by atoms with E-state index in [0.717, 1.165) is 14.7 Å². The quantitative estimate of drug-likeness (QED) is 0.251. The number of nitro benzene ring substituents is 1. The summed E-state index contributed by atoms with van der Waals surface area (Å²) in [6.07, 6.45) is 1.52. The lowest BCUT2D eigenvalue weighted by molar-refractivity contribution is -0.384. The minimum Gasteiger partial charge on any atom is -0.493 e. The smallest absolute Gasteiger partial charge is 0.269 e. The Hall–Kier alpha value is -2.36. The van der Waals surface area contributed by atoms with Crippen LogP contribution in [0.3, 0.4) is 0 Å². The van der Waals surface area contributed by atoms with Crippen molar-refractivity contribution in [3.05, 3.63) is 61.2 Å². The molecule has 120 valence electrons. The van der Waals surface area contributed by atoms with Crippen molar-refractivity contribution < 1.29 is 14.4 Å². The van der Waals surface area contributed by atoms with Gasteiger partial charge in [-0.3, -0.25) is 10.1 Å². The highest BCUT2D eigenvalue weighted by Gasteiger charge is 2.12. The minimum absolute atomic E-state index is 0.0475. The van der Waals surface area contributed by atoms with Gasteiger partial charge in [0, 0.05) is 12.1 Å². The Morgan fingerprint density at radius 2 is 2.04 bits per heavy atom. The molecule has 0 saturated carbocycles. The molecule has 2 aromatic rings. The van der Waals surface area contributed by atoms with Crippen molar-refractivity contribution in [1.82, 2.24) is 0 Å². The van der Waals surface area contributed by atoms with Crippen LogP contribution in [-0.2, 0) is 6.61 Å². The zero-order valence-corrected chi connectivity index (χ0v) is 14.4. The second-order valence-electron chi connectivity index (χ2n) is 4.52. The van der Waals surface area contributed by atoms with Crippen LogP contribution in [0.25, 0.3) is 0 Å². The van der Waals surface area contributed by atoms with Gasteiger partial charge in [-0.25, -0.2) is 0 Å². The summed E-state index contributed by atoms with van der Waals surface area (Å²) in [4.78, 5) is 10.2. The van der Waals surface area contributed by atoms with Crippen LogP contribution >= 0.6 is 22.6 Å². The SMILES string of the molecule is COc1cc(C=NN)cc(I)c1OCc1ccc([N+](=O)[O-])cc1. The molecule has 0 unspecified atom stereocenters. The molecule has 8 heteroatoms. The third kappa shape index (κ3) is 4.31. The zero-order chi connectivity index (χ0) is 16.8. The molecule has 0 saturated heterocycles. The number of non-ortho nitro benzene ring substituents is 1. The Morgan fingerprint density at radius 3 is 2.61 bits per heavy atom. The van der Waals surface area contributed by atoms with Crippen molar-refractivity contribution in [1.29, 1.82) is 0 Å². The van der Waals surface area contributed by atoms with E-state index in [0.29, 0.717) is 11.5 Å². The molecule has 0 aliphatic rings. The van der Waals surface area contributed by atoms with Gasteiger partial charge in [0.25, 0.3) is 5.69 Å². The van der Waals surface area contributed by atoms with E-state index in [2.05, 4.69) is 27.7 Å². The first kappa shape index (κ1) is 17.0. The summed E-state index contributed by atoms with van der Waals surface area (Å²) < 4.78 is 12.0. The first-order valence-corrected chi connectivity index (χ1v) is 7.60. The molecule has 0 aromatic heterocycles. The molecule has 0 fully saturated rings. The third-order valence-corrected chi connectivity index (χ3v) is 3.81. The Labute approximate surface area is 146 Å². The van der Waals surface area contributed by atoms with Crippen LogP contribution in [-0.4, -0.2) is 18.2 Å². The topological polar surface area (TPSA) is 100.0 Å². The molecule has 23 heavy (non-hydrogen) atoms. The monoisotopic (exact) mass is 427 g/mol. The molecule has 0 aliphatic heterocycles. The van der Waals surface area contributed by atoms with Gasteiger partial charge in [-0.2, -0.15) is 5.10 Å². The summed E-state index contributed by atoms with van der Waals surface area (Å²) in [5.41, 5.74) is 1.67. The van der Waals surface area contributed by atoms with Crippen LogP contribution in [0.15, 0.2) is 41.5 Å². The highest BCUT2D eigenvalue weighted by molar-refractivity contribution is 14.1. The lowest BCUT2D eigenvalue weighted by Gasteiger charge is -2.13. The number of hydrogen-bond acceptors (Lipinski definition) is 6. The van der Waals surface area contributed by atoms with Crippen LogP contribution in [0.4, 0.5) is 5.69 Å². The Balaban J connectivity index is 2.18. The number of methoxy groups -OCH3 is 1. The molecule has 0 atom stereocenters. The lowest BCUT2D eigenvalue weighted by atomic mass is 10.2. The van der Waals surface area contributed by atoms with Crippen molar-refractivity contribution in [2.24, 2.45) is 10.9 Å². The fourth-order valence-electron chi connectivity index (χ4n) is 1.91. The zero-order valence-electron chi connectivity index (χ0n) is 12.2. The average molecular weight is 427 g/mol. The van der Waals surface area contributed by atoms with Gasteiger partial charge in [0.2, 0.25) is 0 Å². The third-order valence-electron chi connectivity index (χ3n) is 3.01. The maximum Gasteiger partial charge on any atom is 0.269 e. The summed E-state index contributed by atoms with van der Waals surface area (Å²) in [5.74, 6) is 6.32. The lowest BCUT2D eigenvalue weighted by Crippen LogP contribution is -2.01. The molecule has 0 aliphatic carbocycles. The van der Waals surface area contributed by atoms with Crippen LogP contribution in [0, 0.1) is 13.7 Å². The van der Waals surface area contributed by atoms with Crippen molar-refractivity contribution >= 4 is 34.5 Å². The van der Waals surface area contributed by atoms with E-state index in [4.69, 9.17) is 15.3 Å². The average Bonchev–Trinajstić information content (AvgIpc) is 2.54. The molecular weight excluding hydrogens is 413 g/mol. The van der Waals surface area contributed by atoms with Gasteiger partial charge in [-0.1, -0.05) is 0 Å². The Bertz CT molecular complexity index is 732. The fraction of sp³-hybridized carbons (Fsp3) is 0.133. The number of rotatable bonds is 6. The molecular formula is C15H14IN3O4. The first-order chi connectivity index (χ1) is 11.0. The first-order valence-electron chi connectivity index (χ1n) is 6.52. The van der Waals surface area contributed by atoms with E-state index in [1.807, 2.05) is 6.07 Å². The predicted octanol–water partition coefficient (Wildman–Crippen LogP) is 3.08. The van der Waals surface area contributed by atoms with Crippen molar-refractivity contribution in [3.8, 4) is 11.5 Å². The molecule has 0 amide bonds. The van der Waals surface area contributed by atoms with Crippen molar-refractivity contribution in [2.75, 3.05) is 7.11 Å². The molecule has 0 bridgehead atoms. The Morgan fingerprint density at radius 1 is 1.35 bits per heavy atom. The molecule has 0 spiro atoms. The van der Waals surface area contributed by atoms with E-state index in [1.165, 1.54) is 18.3 Å². The normalized spacial score (nSPS) is 10.7. The van der Waals surface area contributed by atoms with E-state index >= 15 is 0 Å². The van der Waals surface area contributed by atoms with Gasteiger partial charge < -0.3 is 15.3 Å². The molecule has 0 radical (unpaired) electrons. The van der Waals surface area contributed by atoms with Crippen LogP contribution in [0.2, 0.25) is 0 Å². The molecule has 2 aromatic carbocycles. The van der Waals surface area contributed by atoms with Crippen LogP contribution in [0.5, 0.6) is 11.5 Å². The number of hydrogen-bond donors (Lipinski definition) is 1. The standard InChI is InChI=1S/C15H14IN3O4/c1-22-14-7-11(8-18-17)6-13(16)15(14)23-9-10-2-4-12(5-3-10)19(20)21/h2-8H,9,17H2,1H3. The summed E-state index contributed by atoms with van der Waals surface area (Å²) in [5, 5.41) is 14.1. The molecule has 7 nitrogen and oxygen atoms in total. The maximum absolute atomic E-state index is 10.6. The fourth-order valence-corrected chi connectivity index (χ4v) is 2.69. The largest absolute Gasteiger partial charge is 0.493 e. The van der Waals surface area contributed by atoms with Crippen LogP contribution in [0.1, 0.15) is 11.1 Å². The van der Waals surface area contributed by atoms with E-state index in [-0.39, 0.29) is 12.3 Å². The van der Waals surface area contributed by atoms with E-state index in [1.54, 1.807) is 25.3 Å². The second kappa shape index (κ2) is 7.77. The minimum atomic E-state index is -0.436. The predicted molar refractivity (Wildman–Crippen MR) is 94.9 cm³/mol. The summed E-state index contributed by atoms with van der Waals surface area (Å²) >= 11 is 2.13. The summed E-state index contributed by atoms with van der Waals surface area (Å²) in [7, 11) is 1.55. The number of benzene rings is 2. The van der Waals surface area contributed by atoms with Crippen LogP contribution < -0.4 is 15.3 Å². The van der Waals surface area contributed by atoms with Gasteiger partial charge in [-0.05, 0) is 58.0 Å². The number of halogens is 1. The number of nitrogens with zero attached hydrogens (tertiary/aromatic N) is 2.